The monoisotopic (exact) mass is 397 g/mol. The molecule has 10 heteroatoms. The van der Waals surface area contributed by atoms with Gasteiger partial charge in [-0.2, -0.15) is 0 Å². The summed E-state index contributed by atoms with van der Waals surface area (Å²) in [5.74, 6) is 0.401. The topological polar surface area (TPSA) is 116 Å². The molecule has 0 saturated heterocycles. The van der Waals surface area contributed by atoms with Gasteiger partial charge in [-0.1, -0.05) is 17.7 Å². The van der Waals surface area contributed by atoms with Crippen molar-refractivity contribution in [3.05, 3.63) is 56.0 Å². The number of H-pyrrole nitrogens is 1. The highest BCUT2D eigenvalue weighted by Crippen LogP contribution is 2.25. The van der Waals surface area contributed by atoms with E-state index in [2.05, 4.69) is 15.0 Å². The molecule has 0 spiro atoms. The highest BCUT2D eigenvalue weighted by atomic mass is 35.5. The third-order valence-electron chi connectivity index (χ3n) is 3.66. The molecule has 0 amide bonds. The van der Waals surface area contributed by atoms with Crippen molar-refractivity contribution in [2.45, 2.75) is 20.0 Å². The summed E-state index contributed by atoms with van der Waals surface area (Å²) >= 11 is 6.08. The van der Waals surface area contributed by atoms with Gasteiger partial charge in [0, 0.05) is 18.8 Å². The number of nitrogens with zero attached hydrogens (tertiary/aromatic N) is 3. The van der Waals surface area contributed by atoms with Crippen molar-refractivity contribution in [2.24, 2.45) is 5.73 Å². The molecule has 0 bridgehead atoms. The molecule has 0 fully saturated rings. The molecule has 3 rings (SSSR count). The van der Waals surface area contributed by atoms with Crippen molar-refractivity contribution in [3.63, 3.8) is 0 Å². The molecule has 8 nitrogen and oxygen atoms in total. The van der Waals surface area contributed by atoms with E-state index in [0.717, 1.165) is 5.56 Å². The van der Waals surface area contributed by atoms with Gasteiger partial charge < -0.3 is 10.5 Å². The number of aromatic nitrogens is 4. The quantitative estimate of drug-likeness (QED) is 0.645. The van der Waals surface area contributed by atoms with Crippen LogP contribution in [0.1, 0.15) is 12.5 Å². The first-order chi connectivity index (χ1) is 11.9. The Morgan fingerprint density at radius 3 is 2.81 bits per heavy atom. The lowest BCUT2D eigenvalue weighted by molar-refractivity contribution is 0.223. The number of hydrogen-bond acceptors (Lipinski definition) is 6. The first-order valence-corrected chi connectivity index (χ1v) is 7.94. The number of fused-ring (bicyclic) bond motifs is 1. The van der Waals surface area contributed by atoms with Gasteiger partial charge in [-0.05, 0) is 25.5 Å². The standard InChI is InChI=1S/C16H16ClN5O3.ClH/c1-8-4-3-5-19-13(8)22-10-6-11(17)20-15(25-9(2)7-18)12(10)14(23)21-16(22)24;/h3-6,9H,7,18H2,1-2H3,(H,21,23,24);1H. The van der Waals surface area contributed by atoms with Crippen molar-refractivity contribution in [1.82, 2.24) is 19.5 Å². The number of aromatic amines is 1. The lowest BCUT2D eigenvalue weighted by Gasteiger charge is -2.15. The first kappa shape index (κ1) is 19.9. The summed E-state index contributed by atoms with van der Waals surface area (Å²) in [4.78, 5) is 35.4. The SMILES string of the molecule is Cc1cccnc1-n1c(=O)[nH]c(=O)c2c(OC(C)CN)nc(Cl)cc21.Cl. The van der Waals surface area contributed by atoms with E-state index >= 15 is 0 Å². The van der Waals surface area contributed by atoms with Gasteiger partial charge in [0.15, 0.2) is 0 Å². The molecule has 3 heterocycles. The maximum absolute atomic E-state index is 12.5. The Labute approximate surface area is 159 Å². The fraction of sp³-hybridized carbons (Fsp3) is 0.250. The lowest BCUT2D eigenvalue weighted by Crippen LogP contribution is -2.31. The van der Waals surface area contributed by atoms with E-state index in [0.29, 0.717) is 5.82 Å². The van der Waals surface area contributed by atoms with Crippen LogP contribution in [0.4, 0.5) is 0 Å². The van der Waals surface area contributed by atoms with Crippen LogP contribution in [0.2, 0.25) is 5.15 Å². The van der Waals surface area contributed by atoms with Crippen LogP contribution in [0.3, 0.4) is 0 Å². The number of ether oxygens (including phenoxy) is 1. The number of halogens is 2. The molecule has 26 heavy (non-hydrogen) atoms. The number of rotatable bonds is 4. The van der Waals surface area contributed by atoms with Crippen molar-refractivity contribution in [2.75, 3.05) is 6.54 Å². The smallest absolute Gasteiger partial charge is 0.334 e. The number of aryl methyl sites for hydroxylation is 1. The first-order valence-electron chi connectivity index (χ1n) is 7.56. The van der Waals surface area contributed by atoms with Crippen molar-refractivity contribution in [3.8, 4) is 11.7 Å². The molecule has 0 radical (unpaired) electrons. The van der Waals surface area contributed by atoms with Gasteiger partial charge in [0.25, 0.3) is 5.56 Å². The average molecular weight is 398 g/mol. The van der Waals surface area contributed by atoms with Gasteiger partial charge in [-0.25, -0.2) is 19.3 Å². The van der Waals surface area contributed by atoms with Gasteiger partial charge in [0.1, 0.15) is 22.5 Å². The van der Waals surface area contributed by atoms with Crippen LogP contribution in [0, 0.1) is 6.92 Å². The normalized spacial score (nSPS) is 11.8. The molecular formula is C16H17Cl2N5O3. The van der Waals surface area contributed by atoms with Crippen molar-refractivity contribution < 1.29 is 4.74 Å². The Bertz CT molecular complexity index is 1060. The minimum Gasteiger partial charge on any atom is -0.473 e. The van der Waals surface area contributed by atoms with Crippen LogP contribution in [0.15, 0.2) is 34.0 Å². The Hall–Kier alpha value is -2.42. The largest absolute Gasteiger partial charge is 0.473 e. The molecule has 0 aliphatic heterocycles. The summed E-state index contributed by atoms with van der Waals surface area (Å²) in [6, 6.07) is 4.99. The van der Waals surface area contributed by atoms with E-state index < -0.39 is 11.2 Å². The summed E-state index contributed by atoms with van der Waals surface area (Å²) in [5.41, 5.74) is 5.34. The number of hydrogen-bond donors (Lipinski definition) is 2. The Kier molecular flexibility index (Phi) is 6.01. The van der Waals surface area contributed by atoms with E-state index in [4.69, 9.17) is 22.1 Å². The molecule has 1 unspecified atom stereocenters. The van der Waals surface area contributed by atoms with Crippen LogP contribution in [0.5, 0.6) is 5.88 Å². The van der Waals surface area contributed by atoms with E-state index in [9.17, 15) is 9.59 Å². The Morgan fingerprint density at radius 1 is 1.42 bits per heavy atom. The highest BCUT2D eigenvalue weighted by molar-refractivity contribution is 6.30. The van der Waals surface area contributed by atoms with Crippen molar-refractivity contribution in [1.29, 1.82) is 0 Å². The fourth-order valence-electron chi connectivity index (χ4n) is 2.44. The Morgan fingerprint density at radius 2 is 2.15 bits per heavy atom. The second-order valence-electron chi connectivity index (χ2n) is 5.55. The zero-order valence-corrected chi connectivity index (χ0v) is 15.6. The number of nitrogens with two attached hydrogens (primary N) is 1. The predicted octanol–water partition coefficient (Wildman–Crippen LogP) is 1.58. The molecule has 3 aromatic rings. The zero-order chi connectivity index (χ0) is 18.1. The molecule has 0 aromatic carbocycles. The zero-order valence-electron chi connectivity index (χ0n) is 14.0. The number of pyridine rings is 2. The summed E-state index contributed by atoms with van der Waals surface area (Å²) in [6.07, 6.45) is 1.17. The molecule has 0 aliphatic rings. The lowest BCUT2D eigenvalue weighted by atomic mass is 10.2. The van der Waals surface area contributed by atoms with Crippen LogP contribution in [0.25, 0.3) is 16.7 Å². The van der Waals surface area contributed by atoms with E-state index in [1.807, 2.05) is 13.0 Å². The molecule has 3 N–H and O–H groups in total. The Balaban J connectivity index is 0.00000243. The minimum atomic E-state index is -0.626. The van der Waals surface area contributed by atoms with Crippen LogP contribution in [-0.2, 0) is 0 Å². The van der Waals surface area contributed by atoms with E-state index in [1.54, 1.807) is 19.2 Å². The third-order valence-corrected chi connectivity index (χ3v) is 3.86. The highest BCUT2D eigenvalue weighted by Gasteiger charge is 2.19. The van der Waals surface area contributed by atoms with Crippen molar-refractivity contribution >= 4 is 34.9 Å². The van der Waals surface area contributed by atoms with E-state index in [-0.39, 0.29) is 47.0 Å². The van der Waals surface area contributed by atoms with Gasteiger partial charge in [-0.15, -0.1) is 12.4 Å². The molecular weight excluding hydrogens is 381 g/mol. The predicted molar refractivity (Wildman–Crippen MR) is 102 cm³/mol. The molecule has 3 aromatic heterocycles. The van der Waals surface area contributed by atoms with Gasteiger partial charge in [0.05, 0.1) is 5.52 Å². The maximum atomic E-state index is 12.5. The minimum absolute atomic E-state index is 0. The summed E-state index contributed by atoms with van der Waals surface area (Å²) in [7, 11) is 0. The molecule has 138 valence electrons. The average Bonchev–Trinajstić information content (AvgIpc) is 2.55. The molecule has 0 saturated carbocycles. The number of nitrogens with one attached hydrogen (secondary N) is 1. The molecule has 1 atom stereocenters. The maximum Gasteiger partial charge on any atom is 0.334 e. The van der Waals surface area contributed by atoms with E-state index in [1.165, 1.54) is 10.6 Å². The molecule has 0 aliphatic carbocycles. The van der Waals surface area contributed by atoms with Gasteiger partial charge in [-0.3, -0.25) is 9.78 Å². The second-order valence-corrected chi connectivity index (χ2v) is 5.93. The third kappa shape index (κ3) is 3.57. The van der Waals surface area contributed by atoms with Crippen LogP contribution >= 0.6 is 24.0 Å². The van der Waals surface area contributed by atoms with Crippen LogP contribution < -0.4 is 21.7 Å². The summed E-state index contributed by atoms with van der Waals surface area (Å²) < 4.78 is 6.90. The summed E-state index contributed by atoms with van der Waals surface area (Å²) in [6.45, 7) is 3.77. The summed E-state index contributed by atoms with van der Waals surface area (Å²) in [5, 5.41) is 0.188. The second kappa shape index (κ2) is 7.86. The van der Waals surface area contributed by atoms with Crippen LogP contribution in [-0.4, -0.2) is 32.2 Å². The van der Waals surface area contributed by atoms with Gasteiger partial charge in [0.2, 0.25) is 5.88 Å². The fourth-order valence-corrected chi connectivity index (χ4v) is 2.62. The van der Waals surface area contributed by atoms with Gasteiger partial charge >= 0.3 is 5.69 Å².